The summed E-state index contributed by atoms with van der Waals surface area (Å²) in [6, 6.07) is 15.0. The summed E-state index contributed by atoms with van der Waals surface area (Å²) in [5.41, 5.74) is 2.08. The van der Waals surface area contributed by atoms with Crippen LogP contribution in [0.15, 0.2) is 53.1 Å². The topological polar surface area (TPSA) is 59.2 Å². The van der Waals surface area contributed by atoms with Crippen LogP contribution in [0, 0.1) is 0 Å². The highest BCUT2D eigenvalue weighted by atomic mass is 35.5. The first kappa shape index (κ1) is 18.7. The number of likely N-dealkylation sites (tertiary alicyclic amines) is 1. The molecule has 5 nitrogen and oxygen atoms in total. The van der Waals surface area contributed by atoms with Gasteiger partial charge in [-0.25, -0.2) is 0 Å². The van der Waals surface area contributed by atoms with E-state index in [0.717, 1.165) is 31.4 Å². The van der Waals surface area contributed by atoms with Crippen LogP contribution in [0.2, 0.25) is 5.02 Å². The van der Waals surface area contributed by atoms with Gasteiger partial charge < -0.3 is 9.42 Å². The van der Waals surface area contributed by atoms with Crippen LogP contribution < -0.4 is 0 Å². The Morgan fingerprint density at radius 1 is 1.18 bits per heavy atom. The summed E-state index contributed by atoms with van der Waals surface area (Å²) in [7, 11) is 0. The van der Waals surface area contributed by atoms with Crippen molar-refractivity contribution in [2.45, 2.75) is 38.6 Å². The molecule has 0 aliphatic carbocycles. The summed E-state index contributed by atoms with van der Waals surface area (Å²) in [4.78, 5) is 19.8. The van der Waals surface area contributed by atoms with E-state index in [1.807, 2.05) is 41.3 Å². The molecule has 6 heteroatoms. The standard InChI is InChI=1S/C22H22ClN3O2/c1-2-17-7-5-6-14-26(17)22(27)19-9-4-3-8-18(19)21-24-20(25-28-21)15-10-12-16(23)13-11-15/h3-4,8-13,17H,2,5-7,14H2,1H3/t17-/m1/s1. The van der Waals surface area contributed by atoms with Gasteiger partial charge in [0.1, 0.15) is 0 Å². The third kappa shape index (κ3) is 3.67. The van der Waals surface area contributed by atoms with Gasteiger partial charge in [0.25, 0.3) is 11.8 Å². The van der Waals surface area contributed by atoms with Crippen LogP contribution in [-0.2, 0) is 0 Å². The summed E-state index contributed by atoms with van der Waals surface area (Å²) in [5.74, 6) is 0.852. The number of nitrogens with zero attached hydrogens (tertiary/aromatic N) is 3. The normalized spacial score (nSPS) is 16.9. The Balaban J connectivity index is 1.67. The van der Waals surface area contributed by atoms with Crippen molar-refractivity contribution in [1.29, 1.82) is 0 Å². The Morgan fingerprint density at radius 2 is 1.96 bits per heavy atom. The third-order valence-electron chi connectivity index (χ3n) is 5.28. The van der Waals surface area contributed by atoms with Crippen molar-refractivity contribution in [3.63, 3.8) is 0 Å². The summed E-state index contributed by atoms with van der Waals surface area (Å²) >= 11 is 5.95. The predicted octanol–water partition coefficient (Wildman–Crippen LogP) is 5.46. The van der Waals surface area contributed by atoms with E-state index >= 15 is 0 Å². The average molecular weight is 396 g/mol. The maximum atomic E-state index is 13.3. The van der Waals surface area contributed by atoms with Crippen LogP contribution in [-0.4, -0.2) is 33.5 Å². The van der Waals surface area contributed by atoms with Crippen molar-refractivity contribution >= 4 is 17.5 Å². The zero-order chi connectivity index (χ0) is 19.5. The van der Waals surface area contributed by atoms with E-state index in [-0.39, 0.29) is 5.91 Å². The molecule has 1 aromatic heterocycles. The fourth-order valence-electron chi connectivity index (χ4n) is 3.75. The van der Waals surface area contributed by atoms with Crippen molar-refractivity contribution in [2.75, 3.05) is 6.54 Å². The smallest absolute Gasteiger partial charge is 0.259 e. The quantitative estimate of drug-likeness (QED) is 0.588. The molecule has 1 atom stereocenters. The molecule has 28 heavy (non-hydrogen) atoms. The minimum Gasteiger partial charge on any atom is -0.336 e. The minimum absolute atomic E-state index is 0.0355. The van der Waals surface area contributed by atoms with E-state index in [4.69, 9.17) is 16.1 Å². The molecule has 1 fully saturated rings. The lowest BCUT2D eigenvalue weighted by atomic mass is 9.97. The molecule has 144 valence electrons. The van der Waals surface area contributed by atoms with Crippen LogP contribution in [0.4, 0.5) is 0 Å². The van der Waals surface area contributed by atoms with Gasteiger partial charge in [-0.3, -0.25) is 4.79 Å². The minimum atomic E-state index is 0.0355. The molecule has 2 heterocycles. The van der Waals surface area contributed by atoms with Crippen LogP contribution in [0.3, 0.4) is 0 Å². The van der Waals surface area contributed by atoms with E-state index < -0.39 is 0 Å². The van der Waals surface area contributed by atoms with Crippen LogP contribution in [0.5, 0.6) is 0 Å². The zero-order valence-corrected chi connectivity index (χ0v) is 16.5. The molecule has 0 spiro atoms. The van der Waals surface area contributed by atoms with Crippen molar-refractivity contribution in [3.05, 3.63) is 59.1 Å². The number of halogens is 1. The number of hydrogen-bond donors (Lipinski definition) is 0. The molecular weight excluding hydrogens is 374 g/mol. The zero-order valence-electron chi connectivity index (χ0n) is 15.8. The van der Waals surface area contributed by atoms with Crippen molar-refractivity contribution < 1.29 is 9.32 Å². The lowest BCUT2D eigenvalue weighted by molar-refractivity contribution is 0.0608. The molecule has 3 aromatic rings. The Labute approximate surface area is 169 Å². The van der Waals surface area contributed by atoms with Gasteiger partial charge in [-0.05, 0) is 62.1 Å². The number of benzene rings is 2. The van der Waals surface area contributed by atoms with Crippen LogP contribution in [0.25, 0.3) is 22.8 Å². The van der Waals surface area contributed by atoms with E-state index in [2.05, 4.69) is 17.1 Å². The number of hydrogen-bond acceptors (Lipinski definition) is 4. The second kappa shape index (κ2) is 8.15. The SMILES string of the molecule is CC[C@@H]1CCCCN1C(=O)c1ccccc1-c1nc(-c2ccc(Cl)cc2)no1. The molecule has 0 unspecified atom stereocenters. The number of piperidine rings is 1. The lowest BCUT2D eigenvalue weighted by Crippen LogP contribution is -2.43. The number of carbonyl (C=O) groups is 1. The molecular formula is C22H22ClN3O2. The van der Waals surface area contributed by atoms with Gasteiger partial charge in [0, 0.05) is 23.2 Å². The molecule has 0 radical (unpaired) electrons. The highest BCUT2D eigenvalue weighted by Gasteiger charge is 2.28. The fraction of sp³-hybridized carbons (Fsp3) is 0.318. The molecule has 1 saturated heterocycles. The highest BCUT2D eigenvalue weighted by Crippen LogP contribution is 2.29. The maximum Gasteiger partial charge on any atom is 0.259 e. The summed E-state index contributed by atoms with van der Waals surface area (Å²) in [6.07, 6.45) is 4.25. The van der Waals surface area contributed by atoms with E-state index in [1.54, 1.807) is 12.1 Å². The molecule has 0 bridgehead atoms. The van der Waals surface area contributed by atoms with Gasteiger partial charge in [0.15, 0.2) is 0 Å². The maximum absolute atomic E-state index is 13.3. The molecule has 1 aliphatic rings. The van der Waals surface area contributed by atoms with Gasteiger partial charge in [0.05, 0.1) is 11.1 Å². The molecule has 0 saturated carbocycles. The van der Waals surface area contributed by atoms with Crippen LogP contribution >= 0.6 is 11.6 Å². The second-order valence-electron chi connectivity index (χ2n) is 7.03. The Morgan fingerprint density at radius 3 is 2.75 bits per heavy atom. The first-order chi connectivity index (χ1) is 13.7. The molecule has 1 aliphatic heterocycles. The largest absolute Gasteiger partial charge is 0.336 e. The molecule has 4 rings (SSSR count). The fourth-order valence-corrected chi connectivity index (χ4v) is 3.88. The van der Waals surface area contributed by atoms with Crippen molar-refractivity contribution in [3.8, 4) is 22.8 Å². The van der Waals surface area contributed by atoms with E-state index in [9.17, 15) is 4.79 Å². The van der Waals surface area contributed by atoms with Gasteiger partial charge >= 0.3 is 0 Å². The predicted molar refractivity (Wildman–Crippen MR) is 109 cm³/mol. The first-order valence-electron chi connectivity index (χ1n) is 9.67. The second-order valence-corrected chi connectivity index (χ2v) is 7.47. The number of rotatable bonds is 4. The van der Waals surface area contributed by atoms with E-state index in [1.165, 1.54) is 6.42 Å². The Kier molecular flexibility index (Phi) is 5.44. The number of amides is 1. The van der Waals surface area contributed by atoms with Crippen molar-refractivity contribution in [1.82, 2.24) is 15.0 Å². The molecule has 1 amide bonds. The summed E-state index contributed by atoms with van der Waals surface area (Å²) in [6.45, 7) is 2.93. The Hall–Kier alpha value is -2.66. The number of aromatic nitrogens is 2. The van der Waals surface area contributed by atoms with E-state index in [0.29, 0.717) is 33.9 Å². The van der Waals surface area contributed by atoms with Crippen molar-refractivity contribution in [2.24, 2.45) is 0 Å². The van der Waals surface area contributed by atoms with Gasteiger partial charge in [-0.15, -0.1) is 0 Å². The number of carbonyl (C=O) groups excluding carboxylic acids is 1. The average Bonchev–Trinajstić information content (AvgIpc) is 3.24. The summed E-state index contributed by atoms with van der Waals surface area (Å²) in [5, 5.41) is 4.73. The van der Waals surface area contributed by atoms with Gasteiger partial charge in [-0.2, -0.15) is 4.98 Å². The Bertz CT molecular complexity index is 968. The first-order valence-corrected chi connectivity index (χ1v) is 10.0. The monoisotopic (exact) mass is 395 g/mol. The third-order valence-corrected chi connectivity index (χ3v) is 5.53. The van der Waals surface area contributed by atoms with Crippen LogP contribution in [0.1, 0.15) is 43.0 Å². The summed E-state index contributed by atoms with van der Waals surface area (Å²) < 4.78 is 5.50. The van der Waals surface area contributed by atoms with Gasteiger partial charge in [-0.1, -0.05) is 35.8 Å². The van der Waals surface area contributed by atoms with Gasteiger partial charge in [0.2, 0.25) is 5.82 Å². The lowest BCUT2D eigenvalue weighted by Gasteiger charge is -2.35. The highest BCUT2D eigenvalue weighted by molar-refractivity contribution is 6.30. The molecule has 2 aromatic carbocycles. The molecule has 0 N–H and O–H groups in total.